The summed E-state index contributed by atoms with van der Waals surface area (Å²) in [7, 11) is 0. The number of hydrogen-bond donors (Lipinski definition) is 3. The van der Waals surface area contributed by atoms with Crippen molar-refractivity contribution in [1.29, 1.82) is 0 Å². The summed E-state index contributed by atoms with van der Waals surface area (Å²) in [5, 5.41) is 40.8. The molecule has 5 rings (SSSR count). The largest absolute Gasteiger partial charge is 0.511 e. The van der Waals surface area contributed by atoms with Gasteiger partial charge in [-0.15, -0.1) is 10.2 Å². The predicted octanol–water partition coefficient (Wildman–Crippen LogP) is 8.96. The number of fused-ring (bicyclic) bond motifs is 1. The van der Waals surface area contributed by atoms with Gasteiger partial charge in [-0.1, -0.05) is 61.8 Å². The number of rotatable bonds is 6. The second-order valence-electron chi connectivity index (χ2n) is 9.18. The van der Waals surface area contributed by atoms with Crippen LogP contribution in [0.3, 0.4) is 0 Å². The maximum Gasteiger partial charge on any atom is 0.511 e. The van der Waals surface area contributed by atoms with Crippen LogP contribution in [-0.2, 0) is 0 Å². The zero-order valence-corrected chi connectivity index (χ0v) is 21.8. The molecule has 0 amide bonds. The smallest absolute Gasteiger partial charge is 0.505 e. The van der Waals surface area contributed by atoms with Crippen LogP contribution in [-0.4, -0.2) is 26.0 Å². The van der Waals surface area contributed by atoms with Crippen molar-refractivity contribution in [3.05, 3.63) is 95.5 Å². The zero-order valence-electron chi connectivity index (χ0n) is 21.0. The molecule has 8 nitrogen and oxygen atoms in total. The van der Waals surface area contributed by atoms with Crippen LogP contribution in [0.25, 0.3) is 27.7 Å². The molecule has 0 atom stereocenters. The molecule has 0 radical (unpaired) electrons. The number of aromatic hydroxyl groups is 2. The van der Waals surface area contributed by atoms with Crippen LogP contribution in [0.15, 0.2) is 95.2 Å². The first-order valence-corrected chi connectivity index (χ1v) is 12.5. The number of nitrogens with zero attached hydrogens (tertiary/aromatic N) is 3. The van der Waals surface area contributed by atoms with Gasteiger partial charge in [0.15, 0.2) is 11.4 Å². The number of hydrogen-bond acceptors (Lipinski definition) is 6. The van der Waals surface area contributed by atoms with Gasteiger partial charge in [0.1, 0.15) is 11.4 Å². The molecule has 39 heavy (non-hydrogen) atoms. The highest BCUT2D eigenvalue weighted by Gasteiger charge is 2.19. The topological polar surface area (TPSA) is 117 Å². The maximum absolute atomic E-state index is 11.3. The molecule has 5 aromatic rings. The van der Waals surface area contributed by atoms with Gasteiger partial charge in [0.25, 0.3) is 0 Å². The van der Waals surface area contributed by atoms with E-state index >= 15 is 0 Å². The first kappa shape index (κ1) is 25.8. The van der Waals surface area contributed by atoms with Crippen molar-refractivity contribution in [3.63, 3.8) is 0 Å². The molecule has 0 aliphatic rings. The van der Waals surface area contributed by atoms with E-state index in [-0.39, 0.29) is 28.8 Å². The van der Waals surface area contributed by atoms with Gasteiger partial charge in [-0.2, -0.15) is 0 Å². The third kappa shape index (κ3) is 5.15. The minimum Gasteiger partial charge on any atom is -0.505 e. The minimum absolute atomic E-state index is 0.115. The summed E-state index contributed by atoms with van der Waals surface area (Å²) >= 11 is 6.29. The summed E-state index contributed by atoms with van der Waals surface area (Å²) < 4.78 is 6.38. The van der Waals surface area contributed by atoms with Crippen LogP contribution in [0.2, 0.25) is 5.02 Å². The third-order valence-corrected chi connectivity index (χ3v) is 6.56. The Morgan fingerprint density at radius 3 is 2.38 bits per heavy atom. The molecule has 3 N–H and O–H groups in total. The predicted molar refractivity (Wildman–Crippen MR) is 150 cm³/mol. The first-order valence-electron chi connectivity index (χ1n) is 12.1. The van der Waals surface area contributed by atoms with Crippen molar-refractivity contribution in [1.82, 2.24) is 4.57 Å². The lowest BCUT2D eigenvalue weighted by atomic mass is 10.0. The van der Waals surface area contributed by atoms with Crippen LogP contribution >= 0.6 is 11.6 Å². The second-order valence-corrected chi connectivity index (χ2v) is 9.62. The van der Waals surface area contributed by atoms with Crippen LogP contribution < -0.4 is 4.74 Å². The Morgan fingerprint density at radius 2 is 1.67 bits per heavy atom. The highest BCUT2D eigenvalue weighted by atomic mass is 35.5. The third-order valence-electron chi connectivity index (χ3n) is 6.32. The van der Waals surface area contributed by atoms with E-state index in [1.54, 1.807) is 53.1 Å². The monoisotopic (exact) mass is 541 g/mol. The number of ether oxygens (including phenoxy) is 1. The first-order chi connectivity index (χ1) is 18.7. The van der Waals surface area contributed by atoms with E-state index in [9.17, 15) is 15.0 Å². The highest BCUT2D eigenvalue weighted by Crippen LogP contribution is 2.44. The van der Waals surface area contributed by atoms with Crippen LogP contribution in [0.5, 0.6) is 17.4 Å². The van der Waals surface area contributed by atoms with Crippen LogP contribution in [0.4, 0.5) is 16.2 Å². The number of para-hydroxylation sites is 1. The summed E-state index contributed by atoms with van der Waals surface area (Å²) in [6, 6.07) is 24.3. The Balaban J connectivity index is 1.57. The molecule has 0 aliphatic heterocycles. The van der Waals surface area contributed by atoms with Gasteiger partial charge in [-0.05, 0) is 65.6 Å². The van der Waals surface area contributed by atoms with Crippen molar-refractivity contribution < 1.29 is 24.9 Å². The standard InChI is InChI=1S/C30H24ClN3O5/c1-17(2)18-9-12-21(13-10-18)34-26-16-20(31)11-14-24(26)27(29(34)36)33-32-25-8-4-7-23(28(25)35)19-5-3-6-22(15-19)39-30(37)38/h3-17,35-36H,1-2H3,(H,37,38). The molecular weight excluding hydrogens is 518 g/mol. The Morgan fingerprint density at radius 1 is 0.923 bits per heavy atom. The number of phenolic OH excluding ortho intramolecular Hbond substituents is 1. The number of benzene rings is 4. The molecular formula is C30H24ClN3O5. The fourth-order valence-corrected chi connectivity index (χ4v) is 4.54. The highest BCUT2D eigenvalue weighted by molar-refractivity contribution is 6.31. The number of halogens is 1. The molecule has 1 aromatic heterocycles. The quantitative estimate of drug-likeness (QED) is 0.113. The summed E-state index contributed by atoms with van der Waals surface area (Å²) in [5.74, 6) is 0.194. The summed E-state index contributed by atoms with van der Waals surface area (Å²) in [5.41, 5.74) is 3.87. The number of carbonyl (C=O) groups is 1. The van der Waals surface area contributed by atoms with E-state index in [2.05, 4.69) is 24.1 Å². The molecule has 0 saturated carbocycles. The number of phenols is 1. The average molecular weight is 542 g/mol. The molecule has 1 heterocycles. The van der Waals surface area contributed by atoms with Crippen molar-refractivity contribution in [2.45, 2.75) is 19.8 Å². The molecule has 0 saturated heterocycles. The summed E-state index contributed by atoms with van der Waals surface area (Å²) in [4.78, 5) is 10.9. The number of azo groups is 1. The van der Waals surface area contributed by atoms with Crippen LogP contribution in [0.1, 0.15) is 25.3 Å². The number of aromatic nitrogens is 1. The normalized spacial score (nSPS) is 11.5. The Bertz CT molecular complexity index is 1730. The molecule has 0 spiro atoms. The van der Waals surface area contributed by atoms with E-state index in [1.165, 1.54) is 17.7 Å². The van der Waals surface area contributed by atoms with E-state index in [4.69, 9.17) is 21.4 Å². The molecule has 0 aliphatic carbocycles. The maximum atomic E-state index is 11.3. The van der Waals surface area contributed by atoms with E-state index in [1.807, 2.05) is 24.3 Å². The van der Waals surface area contributed by atoms with Gasteiger partial charge in [-0.25, -0.2) is 4.79 Å². The van der Waals surface area contributed by atoms with Gasteiger partial charge >= 0.3 is 6.16 Å². The van der Waals surface area contributed by atoms with Crippen molar-refractivity contribution in [2.24, 2.45) is 10.2 Å². The molecule has 196 valence electrons. The summed E-state index contributed by atoms with van der Waals surface area (Å²) in [6.45, 7) is 4.22. The lowest BCUT2D eigenvalue weighted by Crippen LogP contribution is -2.02. The summed E-state index contributed by atoms with van der Waals surface area (Å²) in [6.07, 6.45) is -1.44. The molecule has 0 unspecified atom stereocenters. The van der Waals surface area contributed by atoms with Gasteiger partial charge in [-0.3, -0.25) is 4.57 Å². The molecule has 0 bridgehead atoms. The van der Waals surface area contributed by atoms with Crippen molar-refractivity contribution >= 4 is 40.0 Å². The van der Waals surface area contributed by atoms with Gasteiger partial charge in [0.2, 0.25) is 5.88 Å². The Labute approximate surface area is 229 Å². The van der Waals surface area contributed by atoms with E-state index in [0.29, 0.717) is 33.0 Å². The van der Waals surface area contributed by atoms with E-state index < -0.39 is 6.16 Å². The van der Waals surface area contributed by atoms with Gasteiger partial charge in [0.05, 0.1) is 5.52 Å². The van der Waals surface area contributed by atoms with E-state index in [0.717, 1.165) is 5.69 Å². The lowest BCUT2D eigenvalue weighted by molar-refractivity contribution is 0.144. The lowest BCUT2D eigenvalue weighted by Gasteiger charge is -2.10. The Kier molecular flexibility index (Phi) is 6.96. The van der Waals surface area contributed by atoms with Crippen molar-refractivity contribution in [3.8, 4) is 34.2 Å². The van der Waals surface area contributed by atoms with Gasteiger partial charge < -0.3 is 20.1 Å². The fraction of sp³-hybridized carbons (Fsp3) is 0.100. The second kappa shape index (κ2) is 10.5. The SMILES string of the molecule is CC(C)c1ccc(-n2c(O)c(N=Nc3cccc(-c4cccc(OC(=O)O)c4)c3O)c3ccc(Cl)cc32)cc1. The minimum atomic E-state index is -1.44. The van der Waals surface area contributed by atoms with Gasteiger partial charge in [0, 0.05) is 21.7 Å². The van der Waals surface area contributed by atoms with Crippen LogP contribution in [0, 0.1) is 0 Å². The fourth-order valence-electron chi connectivity index (χ4n) is 4.38. The van der Waals surface area contributed by atoms with Crippen molar-refractivity contribution in [2.75, 3.05) is 0 Å². The zero-order chi connectivity index (χ0) is 27.7. The average Bonchev–Trinajstić information content (AvgIpc) is 3.18. The molecule has 4 aromatic carbocycles. The number of carboxylic acid groups (broad SMARTS) is 1. The molecule has 9 heteroatoms. The Hall–Kier alpha value is -4.82. The molecule has 0 fully saturated rings.